The van der Waals surface area contributed by atoms with Crippen molar-refractivity contribution in [3.05, 3.63) is 59.2 Å². The number of carbonyl (C=O) groups is 3. The highest BCUT2D eigenvalue weighted by Crippen LogP contribution is 2.19. The number of nitrogens with one attached hydrogen (secondary N) is 1. The minimum atomic E-state index is -0.682. The minimum absolute atomic E-state index is 0.0385. The highest BCUT2D eigenvalue weighted by atomic mass is 16.5. The van der Waals surface area contributed by atoms with Crippen molar-refractivity contribution in [3.63, 3.8) is 0 Å². The van der Waals surface area contributed by atoms with Gasteiger partial charge in [0.25, 0.3) is 5.91 Å². The summed E-state index contributed by atoms with van der Waals surface area (Å²) in [5, 5.41) is 12.1. The number of phenols is 1. The molecule has 0 aliphatic rings. The third kappa shape index (κ3) is 4.69. The number of esters is 1. The van der Waals surface area contributed by atoms with Gasteiger partial charge in [0.05, 0.1) is 7.11 Å². The molecular weight excluding hydrogens is 322 g/mol. The van der Waals surface area contributed by atoms with Crippen LogP contribution in [0.1, 0.15) is 28.4 Å². The van der Waals surface area contributed by atoms with Crippen molar-refractivity contribution in [2.75, 3.05) is 12.4 Å². The highest BCUT2D eigenvalue weighted by molar-refractivity contribution is 6.39. The molecule has 0 spiro atoms. The van der Waals surface area contributed by atoms with Gasteiger partial charge in [0.1, 0.15) is 11.3 Å². The first-order valence-corrected chi connectivity index (χ1v) is 7.26. The van der Waals surface area contributed by atoms with Crippen LogP contribution in [-0.4, -0.2) is 29.9 Å². The summed E-state index contributed by atoms with van der Waals surface area (Å²) >= 11 is 0. The molecule has 2 N–H and O–H groups in total. The summed E-state index contributed by atoms with van der Waals surface area (Å²) in [5.41, 5.74) is 1.74. The molecule has 0 unspecified atom stereocenters. The molecule has 0 aromatic heterocycles. The number of carbonyl (C=O) groups excluding carboxylic acids is 3. The quantitative estimate of drug-likeness (QED) is 0.508. The van der Waals surface area contributed by atoms with Crippen LogP contribution in [0.15, 0.2) is 42.5 Å². The molecule has 0 heterocycles. The number of ketones is 1. The number of phenolic OH excluding ortho intramolecular Hbond substituents is 1. The Hall–Kier alpha value is -3.59. The molecule has 2 aromatic carbocycles. The second-order valence-electron chi connectivity index (χ2n) is 5.06. The molecule has 2 aromatic rings. The van der Waals surface area contributed by atoms with E-state index in [0.29, 0.717) is 16.8 Å². The maximum atomic E-state index is 11.5. The van der Waals surface area contributed by atoms with Gasteiger partial charge in [-0.3, -0.25) is 9.59 Å². The zero-order chi connectivity index (χ0) is 18.4. The van der Waals surface area contributed by atoms with Gasteiger partial charge < -0.3 is 15.2 Å². The third-order valence-electron chi connectivity index (χ3n) is 3.22. The largest absolute Gasteiger partial charge is 0.507 e. The lowest BCUT2D eigenvalue weighted by atomic mass is 10.1. The molecule has 0 saturated carbocycles. The number of anilines is 1. The molecule has 25 heavy (non-hydrogen) atoms. The summed E-state index contributed by atoms with van der Waals surface area (Å²) in [6, 6.07) is 11.0. The molecule has 6 heteroatoms. The van der Waals surface area contributed by atoms with Crippen molar-refractivity contribution in [3.8, 4) is 17.6 Å². The zero-order valence-corrected chi connectivity index (χ0v) is 13.6. The fourth-order valence-electron chi connectivity index (χ4n) is 1.89. The van der Waals surface area contributed by atoms with E-state index in [0.717, 1.165) is 0 Å². The third-order valence-corrected chi connectivity index (χ3v) is 3.22. The Morgan fingerprint density at radius 2 is 1.60 bits per heavy atom. The van der Waals surface area contributed by atoms with Crippen LogP contribution in [0.3, 0.4) is 0 Å². The second-order valence-corrected chi connectivity index (χ2v) is 5.06. The Labute approximate surface area is 144 Å². The average Bonchev–Trinajstić information content (AvgIpc) is 2.61. The summed E-state index contributed by atoms with van der Waals surface area (Å²) < 4.78 is 4.59. The first-order valence-electron chi connectivity index (χ1n) is 7.26. The van der Waals surface area contributed by atoms with E-state index in [4.69, 9.17) is 0 Å². The van der Waals surface area contributed by atoms with Gasteiger partial charge >= 0.3 is 5.97 Å². The SMILES string of the molecule is COC(=O)c1cc(C#Cc2ccc(NC(=O)C(C)=O)cc2)ccc1O. The number of rotatable bonds is 3. The van der Waals surface area contributed by atoms with E-state index in [2.05, 4.69) is 21.9 Å². The van der Waals surface area contributed by atoms with Crippen molar-refractivity contribution in [1.82, 2.24) is 0 Å². The number of amides is 1. The molecule has 1 amide bonds. The molecule has 0 radical (unpaired) electrons. The summed E-state index contributed by atoms with van der Waals surface area (Å²) in [7, 11) is 1.23. The van der Waals surface area contributed by atoms with E-state index < -0.39 is 17.7 Å². The van der Waals surface area contributed by atoms with E-state index in [1.54, 1.807) is 30.3 Å². The molecule has 0 bridgehead atoms. The molecule has 0 fully saturated rings. The van der Waals surface area contributed by atoms with E-state index >= 15 is 0 Å². The molecule has 0 atom stereocenters. The Kier molecular flexibility index (Phi) is 5.54. The van der Waals surface area contributed by atoms with Crippen molar-refractivity contribution in [2.45, 2.75) is 6.92 Å². The Balaban J connectivity index is 2.17. The summed E-state index contributed by atoms with van der Waals surface area (Å²) in [6.07, 6.45) is 0. The minimum Gasteiger partial charge on any atom is -0.507 e. The lowest BCUT2D eigenvalue weighted by Gasteiger charge is -2.03. The van der Waals surface area contributed by atoms with Gasteiger partial charge in [0.2, 0.25) is 5.78 Å². The highest BCUT2D eigenvalue weighted by Gasteiger charge is 2.11. The fraction of sp³-hybridized carbons (Fsp3) is 0.105. The van der Waals surface area contributed by atoms with Crippen LogP contribution >= 0.6 is 0 Å². The fourth-order valence-corrected chi connectivity index (χ4v) is 1.89. The lowest BCUT2D eigenvalue weighted by Crippen LogP contribution is -2.19. The first kappa shape index (κ1) is 17.8. The van der Waals surface area contributed by atoms with Gasteiger partial charge in [-0.1, -0.05) is 11.8 Å². The van der Waals surface area contributed by atoms with Gasteiger partial charge in [0.15, 0.2) is 0 Å². The van der Waals surface area contributed by atoms with Gasteiger partial charge in [-0.05, 0) is 42.5 Å². The van der Waals surface area contributed by atoms with E-state index in [1.165, 1.54) is 26.2 Å². The number of aromatic hydroxyl groups is 1. The number of benzene rings is 2. The Morgan fingerprint density at radius 3 is 2.20 bits per heavy atom. The van der Waals surface area contributed by atoms with Crippen LogP contribution in [0, 0.1) is 11.8 Å². The normalized spacial score (nSPS) is 9.52. The molecule has 6 nitrogen and oxygen atoms in total. The first-order chi connectivity index (χ1) is 11.9. The molecule has 2 rings (SSSR count). The number of methoxy groups -OCH3 is 1. The predicted molar refractivity (Wildman–Crippen MR) is 91.2 cm³/mol. The lowest BCUT2D eigenvalue weighted by molar-refractivity contribution is -0.133. The van der Waals surface area contributed by atoms with Gasteiger partial charge in [-0.25, -0.2) is 4.79 Å². The van der Waals surface area contributed by atoms with Crippen LogP contribution in [0.5, 0.6) is 5.75 Å². The van der Waals surface area contributed by atoms with Gasteiger partial charge in [-0.15, -0.1) is 0 Å². The van der Waals surface area contributed by atoms with E-state index in [-0.39, 0.29) is 11.3 Å². The van der Waals surface area contributed by atoms with Crippen molar-refractivity contribution in [2.24, 2.45) is 0 Å². The summed E-state index contributed by atoms with van der Waals surface area (Å²) in [6.45, 7) is 1.19. The number of hydrogen-bond donors (Lipinski definition) is 2. The van der Waals surface area contributed by atoms with Crippen LogP contribution in [0.2, 0.25) is 0 Å². The number of ether oxygens (including phenoxy) is 1. The van der Waals surface area contributed by atoms with Crippen LogP contribution < -0.4 is 5.32 Å². The van der Waals surface area contributed by atoms with Crippen LogP contribution in [0.25, 0.3) is 0 Å². The topological polar surface area (TPSA) is 92.7 Å². The molecular formula is C19H15NO5. The van der Waals surface area contributed by atoms with E-state index in [1.807, 2.05) is 0 Å². The standard InChI is InChI=1S/C19H15NO5/c1-12(21)18(23)20-15-8-5-13(6-9-15)3-4-14-7-10-17(22)16(11-14)19(24)25-2/h5-11,22H,1-2H3,(H,20,23). The van der Waals surface area contributed by atoms with Gasteiger partial charge in [-0.2, -0.15) is 0 Å². The number of hydrogen-bond acceptors (Lipinski definition) is 5. The van der Waals surface area contributed by atoms with Crippen LogP contribution in [0.4, 0.5) is 5.69 Å². The maximum Gasteiger partial charge on any atom is 0.341 e. The average molecular weight is 337 g/mol. The Bertz CT molecular complexity index is 888. The van der Waals surface area contributed by atoms with Crippen molar-refractivity contribution < 1.29 is 24.2 Å². The van der Waals surface area contributed by atoms with Crippen LogP contribution in [-0.2, 0) is 14.3 Å². The predicted octanol–water partition coefficient (Wildman–Crippen LogP) is 2.11. The monoisotopic (exact) mass is 337 g/mol. The van der Waals surface area contributed by atoms with E-state index in [9.17, 15) is 19.5 Å². The molecule has 0 saturated heterocycles. The summed E-state index contributed by atoms with van der Waals surface area (Å²) in [4.78, 5) is 33.8. The van der Waals surface area contributed by atoms with Crippen molar-refractivity contribution in [1.29, 1.82) is 0 Å². The maximum absolute atomic E-state index is 11.5. The molecule has 126 valence electrons. The summed E-state index contributed by atoms with van der Waals surface area (Å²) in [5.74, 6) is 3.70. The smallest absolute Gasteiger partial charge is 0.341 e. The molecule has 0 aliphatic heterocycles. The number of Topliss-reactive ketones (excluding diaryl/α,β-unsaturated/α-hetero) is 1. The van der Waals surface area contributed by atoms with Gasteiger partial charge in [0, 0.05) is 23.7 Å². The zero-order valence-electron chi connectivity index (χ0n) is 13.6. The Morgan fingerprint density at radius 1 is 1.00 bits per heavy atom. The molecule has 0 aliphatic carbocycles. The van der Waals surface area contributed by atoms with Crippen molar-refractivity contribution >= 4 is 23.3 Å². The second kappa shape index (κ2) is 7.79.